The first kappa shape index (κ1) is 17.9. The highest BCUT2D eigenvalue weighted by molar-refractivity contribution is 6.01. The molecule has 4 rings (SSSR count). The summed E-state index contributed by atoms with van der Waals surface area (Å²) in [5.41, 5.74) is 2.58. The van der Waals surface area contributed by atoms with Crippen molar-refractivity contribution in [2.24, 2.45) is 0 Å². The molecule has 5 heteroatoms. The average Bonchev–Trinajstić information content (AvgIpc) is 3.17. The van der Waals surface area contributed by atoms with Crippen LogP contribution in [-0.2, 0) is 4.74 Å². The summed E-state index contributed by atoms with van der Waals surface area (Å²) < 4.78 is 11.7. The Morgan fingerprint density at radius 3 is 2.85 bits per heavy atom. The number of anilines is 1. The van der Waals surface area contributed by atoms with Crippen molar-refractivity contribution >= 4 is 11.6 Å². The molecule has 1 saturated heterocycles. The number of para-hydroxylation sites is 1. The van der Waals surface area contributed by atoms with Crippen molar-refractivity contribution in [3.8, 4) is 5.75 Å². The fourth-order valence-electron chi connectivity index (χ4n) is 3.78. The maximum atomic E-state index is 13.3. The number of nitrogens with zero attached hydrogens (tertiary/aromatic N) is 1. The minimum atomic E-state index is -0.243. The SMILES string of the molecule is CC(C)Oc1cccc(C2Nc3ccccc3C(=O)N2CC2CCCO2)c1. The van der Waals surface area contributed by atoms with E-state index in [0.29, 0.717) is 12.1 Å². The second kappa shape index (κ2) is 7.61. The summed E-state index contributed by atoms with van der Waals surface area (Å²) in [7, 11) is 0. The number of fused-ring (bicyclic) bond motifs is 1. The van der Waals surface area contributed by atoms with Crippen LogP contribution in [0.1, 0.15) is 48.8 Å². The first-order chi connectivity index (χ1) is 13.1. The van der Waals surface area contributed by atoms with Crippen molar-refractivity contribution in [2.45, 2.75) is 45.1 Å². The highest BCUT2D eigenvalue weighted by Gasteiger charge is 2.35. The average molecular weight is 366 g/mol. The minimum Gasteiger partial charge on any atom is -0.491 e. The molecule has 2 aliphatic rings. The second-order valence-electron chi connectivity index (χ2n) is 7.42. The lowest BCUT2D eigenvalue weighted by molar-refractivity contribution is 0.0426. The first-order valence-electron chi connectivity index (χ1n) is 9.66. The summed E-state index contributed by atoms with van der Waals surface area (Å²) in [6, 6.07) is 15.7. The molecule has 0 aromatic heterocycles. The van der Waals surface area contributed by atoms with E-state index >= 15 is 0 Å². The topological polar surface area (TPSA) is 50.8 Å². The van der Waals surface area contributed by atoms with E-state index < -0.39 is 0 Å². The zero-order valence-corrected chi connectivity index (χ0v) is 15.9. The number of benzene rings is 2. The Morgan fingerprint density at radius 1 is 1.22 bits per heavy atom. The van der Waals surface area contributed by atoms with Gasteiger partial charge in [0, 0.05) is 18.8 Å². The van der Waals surface area contributed by atoms with Gasteiger partial charge < -0.3 is 19.7 Å². The van der Waals surface area contributed by atoms with Crippen molar-refractivity contribution < 1.29 is 14.3 Å². The van der Waals surface area contributed by atoms with Crippen molar-refractivity contribution in [2.75, 3.05) is 18.5 Å². The van der Waals surface area contributed by atoms with Crippen LogP contribution in [0.25, 0.3) is 0 Å². The van der Waals surface area contributed by atoms with E-state index in [1.165, 1.54) is 0 Å². The molecule has 27 heavy (non-hydrogen) atoms. The third-order valence-electron chi connectivity index (χ3n) is 4.99. The molecule has 1 fully saturated rings. The Morgan fingerprint density at radius 2 is 2.07 bits per heavy atom. The predicted molar refractivity (Wildman–Crippen MR) is 105 cm³/mol. The van der Waals surface area contributed by atoms with E-state index in [-0.39, 0.29) is 24.3 Å². The molecule has 142 valence electrons. The predicted octanol–water partition coefficient (Wildman–Crippen LogP) is 4.22. The number of hydrogen-bond donors (Lipinski definition) is 1. The standard InChI is InChI=1S/C22H26N2O3/c1-15(2)27-17-8-5-7-16(13-17)21-23-20-11-4-3-10-19(20)22(25)24(21)14-18-9-6-12-26-18/h3-5,7-8,10-11,13,15,18,21,23H,6,9,12,14H2,1-2H3. The molecular formula is C22H26N2O3. The van der Waals surface area contributed by atoms with Crippen LogP contribution >= 0.6 is 0 Å². The van der Waals surface area contributed by atoms with Gasteiger partial charge in [0.1, 0.15) is 11.9 Å². The van der Waals surface area contributed by atoms with Crippen molar-refractivity contribution in [1.82, 2.24) is 4.90 Å². The molecule has 5 nitrogen and oxygen atoms in total. The van der Waals surface area contributed by atoms with Crippen LogP contribution in [0, 0.1) is 0 Å². The molecule has 0 saturated carbocycles. The van der Waals surface area contributed by atoms with Crippen LogP contribution < -0.4 is 10.1 Å². The quantitative estimate of drug-likeness (QED) is 0.861. The highest BCUT2D eigenvalue weighted by atomic mass is 16.5. The number of amides is 1. The number of ether oxygens (including phenoxy) is 2. The third kappa shape index (κ3) is 3.78. The van der Waals surface area contributed by atoms with Gasteiger partial charge in [0.15, 0.2) is 0 Å². The first-order valence-corrected chi connectivity index (χ1v) is 9.66. The van der Waals surface area contributed by atoms with E-state index in [0.717, 1.165) is 36.4 Å². The maximum absolute atomic E-state index is 13.3. The zero-order chi connectivity index (χ0) is 18.8. The second-order valence-corrected chi connectivity index (χ2v) is 7.42. The van der Waals surface area contributed by atoms with Gasteiger partial charge in [-0.2, -0.15) is 0 Å². The third-order valence-corrected chi connectivity index (χ3v) is 4.99. The summed E-state index contributed by atoms with van der Waals surface area (Å²) in [6.07, 6.45) is 2.00. The van der Waals surface area contributed by atoms with E-state index in [1.54, 1.807) is 0 Å². The summed E-state index contributed by atoms with van der Waals surface area (Å²) in [5, 5.41) is 3.54. The molecule has 0 bridgehead atoms. The number of carbonyl (C=O) groups is 1. The molecule has 1 N–H and O–H groups in total. The normalized spacial score (nSPS) is 21.9. The Bertz CT molecular complexity index is 815. The van der Waals surface area contributed by atoms with E-state index in [1.807, 2.05) is 67.3 Å². The van der Waals surface area contributed by atoms with Crippen LogP contribution in [0.2, 0.25) is 0 Å². The number of rotatable bonds is 5. The van der Waals surface area contributed by atoms with Crippen LogP contribution in [0.5, 0.6) is 5.75 Å². The molecule has 2 atom stereocenters. The largest absolute Gasteiger partial charge is 0.491 e. The Labute approximate surface area is 160 Å². The highest BCUT2D eigenvalue weighted by Crippen LogP contribution is 2.35. The molecule has 1 amide bonds. The summed E-state index contributed by atoms with van der Waals surface area (Å²) in [4.78, 5) is 15.1. The number of nitrogens with one attached hydrogen (secondary N) is 1. The van der Waals surface area contributed by atoms with Crippen molar-refractivity contribution in [1.29, 1.82) is 0 Å². The van der Waals surface area contributed by atoms with E-state index in [9.17, 15) is 4.79 Å². The lowest BCUT2D eigenvalue weighted by Crippen LogP contribution is -2.46. The van der Waals surface area contributed by atoms with Crippen molar-refractivity contribution in [3.05, 3.63) is 59.7 Å². The summed E-state index contributed by atoms with van der Waals surface area (Å²) >= 11 is 0. The van der Waals surface area contributed by atoms with Gasteiger partial charge in [0.2, 0.25) is 0 Å². The molecule has 0 radical (unpaired) electrons. The van der Waals surface area contributed by atoms with Gasteiger partial charge in [-0.3, -0.25) is 4.79 Å². The Kier molecular flexibility index (Phi) is 5.03. The molecular weight excluding hydrogens is 340 g/mol. The lowest BCUT2D eigenvalue weighted by Gasteiger charge is -2.39. The molecule has 2 unspecified atom stereocenters. The molecule has 2 aliphatic heterocycles. The maximum Gasteiger partial charge on any atom is 0.257 e. The van der Waals surface area contributed by atoms with Gasteiger partial charge in [0.25, 0.3) is 5.91 Å². The molecule has 0 aliphatic carbocycles. The lowest BCUT2D eigenvalue weighted by atomic mass is 10.0. The molecule has 2 aromatic carbocycles. The van der Waals surface area contributed by atoms with Gasteiger partial charge in [-0.15, -0.1) is 0 Å². The van der Waals surface area contributed by atoms with E-state index in [4.69, 9.17) is 9.47 Å². The fourth-order valence-corrected chi connectivity index (χ4v) is 3.78. The van der Waals surface area contributed by atoms with Gasteiger partial charge >= 0.3 is 0 Å². The number of carbonyl (C=O) groups excluding carboxylic acids is 1. The fraction of sp³-hybridized carbons (Fsp3) is 0.409. The van der Waals surface area contributed by atoms with Crippen LogP contribution in [0.3, 0.4) is 0 Å². The van der Waals surface area contributed by atoms with Gasteiger partial charge in [-0.1, -0.05) is 24.3 Å². The molecule has 2 heterocycles. The number of hydrogen-bond acceptors (Lipinski definition) is 4. The summed E-state index contributed by atoms with van der Waals surface area (Å²) in [5.74, 6) is 0.854. The van der Waals surface area contributed by atoms with Crippen LogP contribution in [0.4, 0.5) is 5.69 Å². The zero-order valence-electron chi connectivity index (χ0n) is 15.9. The van der Waals surface area contributed by atoms with Crippen LogP contribution in [-0.4, -0.2) is 36.2 Å². The molecule has 2 aromatic rings. The van der Waals surface area contributed by atoms with Crippen molar-refractivity contribution in [3.63, 3.8) is 0 Å². The molecule has 0 spiro atoms. The monoisotopic (exact) mass is 366 g/mol. The smallest absolute Gasteiger partial charge is 0.257 e. The Hall–Kier alpha value is -2.53. The van der Waals surface area contributed by atoms with Gasteiger partial charge in [-0.25, -0.2) is 0 Å². The van der Waals surface area contributed by atoms with Gasteiger partial charge in [-0.05, 0) is 56.5 Å². The van der Waals surface area contributed by atoms with E-state index in [2.05, 4.69) is 5.32 Å². The van der Waals surface area contributed by atoms with Crippen LogP contribution in [0.15, 0.2) is 48.5 Å². The minimum absolute atomic E-state index is 0.0417. The Balaban J connectivity index is 1.68. The summed E-state index contributed by atoms with van der Waals surface area (Å²) in [6.45, 7) is 5.38. The van der Waals surface area contributed by atoms with Gasteiger partial charge in [0.05, 0.1) is 17.8 Å².